The summed E-state index contributed by atoms with van der Waals surface area (Å²) in [5.74, 6) is 1.60. The lowest BCUT2D eigenvalue weighted by Gasteiger charge is -2.12. The van der Waals surface area contributed by atoms with Crippen LogP contribution in [-0.2, 0) is 4.74 Å². The first-order valence-electron chi connectivity index (χ1n) is 7.31. The van der Waals surface area contributed by atoms with Crippen LogP contribution in [0.25, 0.3) is 0 Å². The molecule has 110 valence electrons. The van der Waals surface area contributed by atoms with E-state index < -0.39 is 0 Å². The van der Waals surface area contributed by atoms with Gasteiger partial charge in [0.05, 0.1) is 6.10 Å². The molecule has 5 nitrogen and oxygen atoms in total. The molecule has 1 aromatic carbocycles. The van der Waals surface area contributed by atoms with E-state index in [1.54, 1.807) is 6.33 Å². The van der Waals surface area contributed by atoms with Crippen LogP contribution in [0.5, 0.6) is 0 Å². The molecule has 0 aliphatic carbocycles. The molecule has 1 aliphatic rings. The molecule has 1 fully saturated rings. The van der Waals surface area contributed by atoms with Crippen LogP contribution in [0.1, 0.15) is 18.4 Å². The molecule has 1 aliphatic heterocycles. The molecule has 0 amide bonds. The maximum absolute atomic E-state index is 5.59. The standard InChI is InChI=1S/C16H20N4O/c1-12-4-2-5-13(8-12)20-16-9-15(18-11-19-16)17-10-14-6-3-7-21-14/h2,4-5,8-9,11,14H,3,6-7,10H2,1H3,(H2,17,18,19,20). The Labute approximate surface area is 124 Å². The highest BCUT2D eigenvalue weighted by atomic mass is 16.5. The third-order valence-corrected chi connectivity index (χ3v) is 3.49. The number of anilines is 3. The van der Waals surface area contributed by atoms with Crippen molar-refractivity contribution in [3.05, 3.63) is 42.2 Å². The van der Waals surface area contributed by atoms with Crippen molar-refractivity contribution < 1.29 is 4.74 Å². The Morgan fingerprint density at radius 3 is 2.95 bits per heavy atom. The van der Waals surface area contributed by atoms with Crippen LogP contribution >= 0.6 is 0 Å². The summed E-state index contributed by atoms with van der Waals surface area (Å²) in [6.45, 7) is 3.73. The van der Waals surface area contributed by atoms with Crippen molar-refractivity contribution in [1.29, 1.82) is 0 Å². The Kier molecular flexibility index (Phi) is 4.31. The smallest absolute Gasteiger partial charge is 0.135 e. The van der Waals surface area contributed by atoms with Gasteiger partial charge in [-0.1, -0.05) is 12.1 Å². The van der Waals surface area contributed by atoms with Gasteiger partial charge in [0, 0.05) is 24.9 Å². The summed E-state index contributed by atoms with van der Waals surface area (Å²) in [5, 5.41) is 6.60. The van der Waals surface area contributed by atoms with E-state index in [1.165, 1.54) is 5.56 Å². The van der Waals surface area contributed by atoms with E-state index in [-0.39, 0.29) is 0 Å². The van der Waals surface area contributed by atoms with Crippen molar-refractivity contribution in [3.8, 4) is 0 Å². The zero-order valence-electron chi connectivity index (χ0n) is 12.2. The van der Waals surface area contributed by atoms with Gasteiger partial charge >= 0.3 is 0 Å². The fraction of sp³-hybridized carbons (Fsp3) is 0.375. The minimum atomic E-state index is 0.299. The largest absolute Gasteiger partial charge is 0.376 e. The number of nitrogens with zero attached hydrogens (tertiary/aromatic N) is 2. The summed E-state index contributed by atoms with van der Waals surface area (Å²) in [5.41, 5.74) is 2.24. The van der Waals surface area contributed by atoms with Gasteiger partial charge < -0.3 is 15.4 Å². The van der Waals surface area contributed by atoms with Crippen molar-refractivity contribution >= 4 is 17.3 Å². The van der Waals surface area contributed by atoms with E-state index in [0.717, 1.165) is 43.3 Å². The first kappa shape index (κ1) is 13.8. The molecule has 2 aromatic rings. The van der Waals surface area contributed by atoms with Crippen LogP contribution in [0.3, 0.4) is 0 Å². The van der Waals surface area contributed by atoms with Gasteiger partial charge in [-0.2, -0.15) is 0 Å². The van der Waals surface area contributed by atoms with E-state index >= 15 is 0 Å². The summed E-state index contributed by atoms with van der Waals surface area (Å²) < 4.78 is 5.59. The number of benzene rings is 1. The fourth-order valence-corrected chi connectivity index (χ4v) is 2.42. The Bertz CT molecular complexity index is 596. The molecule has 21 heavy (non-hydrogen) atoms. The normalized spacial score (nSPS) is 17.7. The van der Waals surface area contributed by atoms with E-state index in [1.807, 2.05) is 18.2 Å². The van der Waals surface area contributed by atoms with Crippen molar-refractivity contribution in [2.45, 2.75) is 25.9 Å². The third kappa shape index (κ3) is 3.92. The number of nitrogens with one attached hydrogen (secondary N) is 2. The van der Waals surface area contributed by atoms with Crippen molar-refractivity contribution in [3.63, 3.8) is 0 Å². The highest BCUT2D eigenvalue weighted by Gasteiger charge is 2.15. The van der Waals surface area contributed by atoms with Crippen molar-refractivity contribution in [2.24, 2.45) is 0 Å². The Hall–Kier alpha value is -2.14. The Morgan fingerprint density at radius 1 is 1.24 bits per heavy atom. The molecule has 1 saturated heterocycles. The van der Waals surface area contributed by atoms with Crippen LogP contribution in [0.15, 0.2) is 36.7 Å². The molecule has 2 N–H and O–H groups in total. The average Bonchev–Trinajstić information content (AvgIpc) is 2.99. The fourth-order valence-electron chi connectivity index (χ4n) is 2.42. The van der Waals surface area contributed by atoms with Crippen molar-refractivity contribution in [2.75, 3.05) is 23.8 Å². The number of aromatic nitrogens is 2. The zero-order chi connectivity index (χ0) is 14.5. The molecular weight excluding hydrogens is 264 g/mol. The molecule has 0 spiro atoms. The second kappa shape index (κ2) is 6.54. The molecule has 0 saturated carbocycles. The SMILES string of the molecule is Cc1cccc(Nc2cc(NCC3CCCO3)ncn2)c1. The predicted octanol–water partition coefficient (Wildman–Crippen LogP) is 3.12. The van der Waals surface area contributed by atoms with Gasteiger partial charge in [-0.25, -0.2) is 9.97 Å². The zero-order valence-corrected chi connectivity index (χ0v) is 12.2. The van der Waals surface area contributed by atoms with Gasteiger partial charge in [0.25, 0.3) is 0 Å². The molecule has 0 bridgehead atoms. The summed E-state index contributed by atoms with van der Waals surface area (Å²) >= 11 is 0. The quantitative estimate of drug-likeness (QED) is 0.883. The lowest BCUT2D eigenvalue weighted by molar-refractivity contribution is 0.120. The Balaban J connectivity index is 1.62. The van der Waals surface area contributed by atoms with Gasteiger partial charge in [-0.3, -0.25) is 0 Å². The minimum Gasteiger partial charge on any atom is -0.376 e. The second-order valence-electron chi connectivity index (χ2n) is 5.30. The molecule has 1 aromatic heterocycles. The summed E-state index contributed by atoms with van der Waals surface area (Å²) in [7, 11) is 0. The first-order chi connectivity index (χ1) is 10.3. The summed E-state index contributed by atoms with van der Waals surface area (Å²) in [6, 6.07) is 10.1. The van der Waals surface area contributed by atoms with E-state index in [4.69, 9.17) is 4.74 Å². The highest BCUT2D eigenvalue weighted by Crippen LogP contribution is 2.18. The molecule has 0 radical (unpaired) electrons. The van der Waals surface area contributed by atoms with E-state index in [0.29, 0.717) is 6.10 Å². The minimum absolute atomic E-state index is 0.299. The van der Waals surface area contributed by atoms with Crippen molar-refractivity contribution in [1.82, 2.24) is 9.97 Å². The van der Waals surface area contributed by atoms with E-state index in [2.05, 4.69) is 39.7 Å². The number of ether oxygens (including phenoxy) is 1. The van der Waals surface area contributed by atoms with Crippen LogP contribution in [0.4, 0.5) is 17.3 Å². The Morgan fingerprint density at radius 2 is 2.14 bits per heavy atom. The van der Waals surface area contributed by atoms with Gasteiger partial charge in [0.2, 0.25) is 0 Å². The summed E-state index contributed by atoms with van der Waals surface area (Å²) in [6.07, 6.45) is 4.13. The van der Waals surface area contributed by atoms with Gasteiger partial charge in [-0.15, -0.1) is 0 Å². The second-order valence-corrected chi connectivity index (χ2v) is 5.30. The monoisotopic (exact) mass is 284 g/mol. The van der Waals surface area contributed by atoms with Gasteiger partial charge in [-0.05, 0) is 37.5 Å². The molecule has 1 unspecified atom stereocenters. The maximum atomic E-state index is 5.59. The molecule has 3 rings (SSSR count). The number of hydrogen-bond acceptors (Lipinski definition) is 5. The van der Waals surface area contributed by atoms with E-state index in [9.17, 15) is 0 Å². The lowest BCUT2D eigenvalue weighted by atomic mass is 10.2. The first-order valence-corrected chi connectivity index (χ1v) is 7.31. The van der Waals surface area contributed by atoms with Crippen LogP contribution < -0.4 is 10.6 Å². The molecule has 5 heteroatoms. The van der Waals surface area contributed by atoms with Crippen LogP contribution in [0, 0.1) is 6.92 Å². The third-order valence-electron chi connectivity index (χ3n) is 3.49. The number of aryl methyl sites for hydroxylation is 1. The van der Waals surface area contributed by atoms with Crippen LogP contribution in [0.2, 0.25) is 0 Å². The highest BCUT2D eigenvalue weighted by molar-refractivity contribution is 5.59. The number of hydrogen-bond donors (Lipinski definition) is 2. The summed E-state index contributed by atoms with van der Waals surface area (Å²) in [4.78, 5) is 8.49. The molecule has 1 atom stereocenters. The molecular formula is C16H20N4O. The predicted molar refractivity (Wildman–Crippen MR) is 84.0 cm³/mol. The van der Waals surface area contributed by atoms with Gasteiger partial charge in [0.15, 0.2) is 0 Å². The topological polar surface area (TPSA) is 59.1 Å². The molecule has 2 heterocycles. The number of rotatable bonds is 5. The van der Waals surface area contributed by atoms with Gasteiger partial charge in [0.1, 0.15) is 18.0 Å². The maximum Gasteiger partial charge on any atom is 0.135 e. The van der Waals surface area contributed by atoms with Crippen LogP contribution in [-0.4, -0.2) is 29.2 Å². The lowest BCUT2D eigenvalue weighted by Crippen LogP contribution is -2.19. The average molecular weight is 284 g/mol.